The van der Waals surface area contributed by atoms with Gasteiger partial charge in [-0.2, -0.15) is 0 Å². The summed E-state index contributed by atoms with van der Waals surface area (Å²) in [5, 5.41) is 0. The molecule has 0 saturated heterocycles. The minimum absolute atomic E-state index is 0.196. The average Bonchev–Trinajstić information content (AvgIpc) is 2.76. The summed E-state index contributed by atoms with van der Waals surface area (Å²) in [6.45, 7) is 29.0. The lowest BCUT2D eigenvalue weighted by Crippen LogP contribution is -2.18. The van der Waals surface area contributed by atoms with Gasteiger partial charge >= 0.3 is 5.97 Å². The fourth-order valence-corrected chi connectivity index (χ4v) is 2.02. The number of Topliss-reactive ketones (excluding diaryl/α,β-unsaturated/α-hetero) is 1. The molecule has 0 aliphatic rings. The molecule has 0 aromatic rings. The van der Waals surface area contributed by atoms with Crippen molar-refractivity contribution in [2.24, 2.45) is 23.2 Å². The zero-order valence-electron chi connectivity index (χ0n) is 25.1. The van der Waals surface area contributed by atoms with Gasteiger partial charge in [0.1, 0.15) is 12.1 Å². The van der Waals surface area contributed by atoms with Gasteiger partial charge in [0.2, 0.25) is 0 Å². The van der Waals surface area contributed by atoms with Crippen LogP contribution in [0.1, 0.15) is 142 Å². The van der Waals surface area contributed by atoms with E-state index in [2.05, 4.69) is 67.1 Å². The summed E-state index contributed by atoms with van der Waals surface area (Å²) in [4.78, 5) is 30.1. The van der Waals surface area contributed by atoms with Crippen molar-refractivity contribution < 1.29 is 19.1 Å². The molecule has 2 atom stereocenters. The van der Waals surface area contributed by atoms with E-state index in [0.29, 0.717) is 35.6 Å². The van der Waals surface area contributed by atoms with E-state index in [-0.39, 0.29) is 5.97 Å². The first-order valence-corrected chi connectivity index (χ1v) is 13.2. The first kappa shape index (κ1) is 42.0. The van der Waals surface area contributed by atoms with Crippen molar-refractivity contribution >= 4 is 18.0 Å². The van der Waals surface area contributed by atoms with E-state index in [1.165, 1.54) is 39.5 Å². The molecule has 4 heteroatoms. The second-order valence-electron chi connectivity index (χ2n) is 9.69. The molecule has 0 fully saturated rings. The number of esters is 1. The molecule has 0 saturated carbocycles. The molecule has 0 amide bonds. The first-order chi connectivity index (χ1) is 15.2. The molecule has 0 aromatic carbocycles. The molecule has 0 rings (SSSR count). The van der Waals surface area contributed by atoms with E-state index in [9.17, 15) is 9.59 Å². The lowest BCUT2D eigenvalue weighted by molar-refractivity contribution is -0.142. The van der Waals surface area contributed by atoms with Crippen LogP contribution in [0.25, 0.3) is 0 Å². The zero-order valence-corrected chi connectivity index (χ0v) is 25.1. The predicted octanol–water partition coefficient (Wildman–Crippen LogP) is 9.09. The van der Waals surface area contributed by atoms with Crippen molar-refractivity contribution in [3.63, 3.8) is 0 Å². The third-order valence-electron chi connectivity index (χ3n) is 5.49. The quantitative estimate of drug-likeness (QED) is 0.234. The Morgan fingerprint density at radius 1 is 0.848 bits per heavy atom. The van der Waals surface area contributed by atoms with Gasteiger partial charge in [0.05, 0.1) is 6.61 Å². The number of aldehydes is 1. The van der Waals surface area contributed by atoms with E-state index in [4.69, 9.17) is 4.79 Å². The van der Waals surface area contributed by atoms with Gasteiger partial charge in [-0.3, -0.25) is 9.59 Å². The standard InChI is InChI=1S/C10H20O.C7H16.C6H12O2.C4H10.C2H4O/c1-5-7-10(9(4)11)8(3)6-2;1-5-7(3,4)6-2;1-5(2)4-8-6(3)7;1-3-4-2;1-2-3/h8,10H,5-7H2,1-4H3;5-6H2,1-4H3;5H,4H2,1-3H3;3-4H2,1-2H3;2H,1H3. The number of hydrogen-bond donors (Lipinski definition) is 0. The zero-order chi connectivity index (χ0) is 27.5. The molecule has 33 heavy (non-hydrogen) atoms. The maximum Gasteiger partial charge on any atom is 0.302 e. The highest BCUT2D eigenvalue weighted by atomic mass is 16.5. The van der Waals surface area contributed by atoms with Crippen LogP contribution in [0.15, 0.2) is 0 Å². The van der Waals surface area contributed by atoms with Crippen LogP contribution in [0.3, 0.4) is 0 Å². The second-order valence-corrected chi connectivity index (χ2v) is 9.69. The summed E-state index contributed by atoms with van der Waals surface area (Å²) in [5.41, 5.74) is 0.583. The minimum atomic E-state index is -0.196. The van der Waals surface area contributed by atoms with Gasteiger partial charge in [0, 0.05) is 12.8 Å². The van der Waals surface area contributed by atoms with Crippen LogP contribution in [-0.4, -0.2) is 24.6 Å². The Balaban J connectivity index is -0.000000106. The van der Waals surface area contributed by atoms with Crippen molar-refractivity contribution in [2.75, 3.05) is 6.61 Å². The van der Waals surface area contributed by atoms with Crippen LogP contribution in [0.2, 0.25) is 0 Å². The van der Waals surface area contributed by atoms with Crippen molar-refractivity contribution in [3.05, 3.63) is 0 Å². The Kier molecular flexibility index (Phi) is 39.2. The number of carbonyl (C=O) groups excluding carboxylic acids is 3. The fraction of sp³-hybridized carbons (Fsp3) is 0.897. The Morgan fingerprint density at radius 2 is 1.24 bits per heavy atom. The summed E-state index contributed by atoms with van der Waals surface area (Å²) < 4.78 is 4.66. The molecule has 0 heterocycles. The molecule has 4 nitrogen and oxygen atoms in total. The van der Waals surface area contributed by atoms with Gasteiger partial charge in [-0.05, 0) is 37.5 Å². The first-order valence-electron chi connectivity index (χ1n) is 13.2. The fourth-order valence-electron chi connectivity index (χ4n) is 2.02. The molecule has 0 radical (unpaired) electrons. The van der Waals surface area contributed by atoms with Gasteiger partial charge in [-0.15, -0.1) is 0 Å². The molecule has 0 aromatic heterocycles. The monoisotopic (exact) mass is 474 g/mol. The summed E-state index contributed by atoms with van der Waals surface area (Å²) in [6, 6.07) is 0. The minimum Gasteiger partial charge on any atom is -0.466 e. The largest absolute Gasteiger partial charge is 0.466 e. The average molecular weight is 475 g/mol. The van der Waals surface area contributed by atoms with E-state index in [1.54, 1.807) is 6.92 Å². The highest BCUT2D eigenvalue weighted by molar-refractivity contribution is 5.78. The van der Waals surface area contributed by atoms with Crippen LogP contribution >= 0.6 is 0 Å². The molecule has 2 unspecified atom stereocenters. The van der Waals surface area contributed by atoms with Gasteiger partial charge in [0.25, 0.3) is 0 Å². The van der Waals surface area contributed by atoms with Crippen LogP contribution in [0, 0.1) is 23.2 Å². The maximum atomic E-state index is 11.1. The number of ether oxygens (including phenoxy) is 1. The van der Waals surface area contributed by atoms with Crippen LogP contribution in [-0.2, 0) is 19.1 Å². The highest BCUT2D eigenvalue weighted by Gasteiger charge is 2.18. The van der Waals surface area contributed by atoms with E-state index >= 15 is 0 Å². The number of ketones is 1. The van der Waals surface area contributed by atoms with Gasteiger partial charge in [-0.25, -0.2) is 0 Å². The Hall–Kier alpha value is -1.19. The third-order valence-corrected chi connectivity index (χ3v) is 5.49. The lowest BCUT2D eigenvalue weighted by Gasteiger charge is -2.18. The molecule has 0 N–H and O–H groups in total. The third kappa shape index (κ3) is 45.1. The van der Waals surface area contributed by atoms with Crippen molar-refractivity contribution in [2.45, 2.75) is 142 Å². The summed E-state index contributed by atoms with van der Waals surface area (Å²) >= 11 is 0. The Bertz CT molecular complexity index is 406. The number of unbranched alkanes of at least 4 members (excludes halogenated alkanes) is 1. The van der Waals surface area contributed by atoms with E-state index in [0.717, 1.165) is 25.5 Å². The number of carbonyl (C=O) groups is 3. The molecule has 0 spiro atoms. The second kappa shape index (κ2) is 30.8. The summed E-state index contributed by atoms with van der Waals surface area (Å²) in [5.74, 6) is 1.48. The number of hydrogen-bond acceptors (Lipinski definition) is 4. The molecule has 202 valence electrons. The molecule has 0 aliphatic carbocycles. The van der Waals surface area contributed by atoms with Gasteiger partial charge in [-0.1, -0.05) is 115 Å². The van der Waals surface area contributed by atoms with Crippen LogP contribution < -0.4 is 0 Å². The van der Waals surface area contributed by atoms with Crippen LogP contribution in [0.5, 0.6) is 0 Å². The molecule has 0 bridgehead atoms. The van der Waals surface area contributed by atoms with Crippen molar-refractivity contribution in [1.29, 1.82) is 0 Å². The Labute approximate surface area is 209 Å². The molecule has 0 aliphatic heterocycles. The van der Waals surface area contributed by atoms with Crippen molar-refractivity contribution in [1.82, 2.24) is 0 Å². The number of rotatable bonds is 10. The van der Waals surface area contributed by atoms with Crippen LogP contribution in [0.4, 0.5) is 0 Å². The summed E-state index contributed by atoms with van der Waals surface area (Å²) in [7, 11) is 0. The highest BCUT2D eigenvalue weighted by Crippen LogP contribution is 2.23. The lowest BCUT2D eigenvalue weighted by atomic mass is 9.85. The maximum absolute atomic E-state index is 11.1. The SMILES string of the molecule is CC(=O)OCC(C)C.CC=O.CCC(C)(C)CC.CCCC.CCCC(C(C)=O)C(C)CC. The smallest absolute Gasteiger partial charge is 0.302 e. The van der Waals surface area contributed by atoms with Gasteiger partial charge in [0.15, 0.2) is 0 Å². The van der Waals surface area contributed by atoms with Crippen molar-refractivity contribution in [3.8, 4) is 0 Å². The predicted molar refractivity (Wildman–Crippen MR) is 147 cm³/mol. The molecular formula is C29H62O4. The molecular weight excluding hydrogens is 412 g/mol. The van der Waals surface area contributed by atoms with E-state index < -0.39 is 0 Å². The normalized spacial score (nSPS) is 11.5. The van der Waals surface area contributed by atoms with Gasteiger partial charge < -0.3 is 9.53 Å². The summed E-state index contributed by atoms with van der Waals surface area (Å²) in [6.07, 6.45) is 9.27. The van der Waals surface area contributed by atoms with E-state index in [1.807, 2.05) is 13.8 Å². The Morgan fingerprint density at radius 3 is 1.36 bits per heavy atom. The topological polar surface area (TPSA) is 60.4 Å².